The van der Waals surface area contributed by atoms with Crippen LogP contribution in [0.4, 0.5) is 23.7 Å². The van der Waals surface area contributed by atoms with E-state index in [0.717, 1.165) is 5.56 Å². The Morgan fingerprint density at radius 1 is 1.09 bits per heavy atom. The average Bonchev–Trinajstić information content (AvgIpc) is 3.02. The molecule has 0 bridgehead atoms. The number of amides is 2. The highest BCUT2D eigenvalue weighted by Crippen LogP contribution is 2.36. The van der Waals surface area contributed by atoms with Crippen molar-refractivity contribution in [1.82, 2.24) is 19.7 Å². The van der Waals surface area contributed by atoms with Crippen LogP contribution < -0.4 is 9.64 Å². The third-order valence-electron chi connectivity index (χ3n) is 8.84. The van der Waals surface area contributed by atoms with Crippen LogP contribution in [0.2, 0.25) is 0 Å². The molecule has 2 saturated heterocycles. The number of esters is 1. The Bertz CT molecular complexity index is 1450. The molecule has 0 spiro atoms. The second-order valence-electron chi connectivity index (χ2n) is 12.3. The Kier molecular flexibility index (Phi) is 10.9. The van der Waals surface area contributed by atoms with Crippen molar-refractivity contribution in [2.24, 2.45) is 0 Å². The molecule has 0 saturated carbocycles. The van der Waals surface area contributed by atoms with E-state index in [-0.39, 0.29) is 76.8 Å². The van der Waals surface area contributed by atoms with Gasteiger partial charge in [-0.25, -0.2) is 22.9 Å². The SMILES string of the molecule is CC(=O)OCc1nc2c(cc1Cc1ccc(F)cc1)N(C(=O)CN1C[C@@H](C)N(C(=O)O)C[C@@H]1CN1CCOCC1C(F)F)C(C)CO2. The molecule has 256 valence electrons. The Balaban J connectivity index is 1.43. The minimum absolute atomic E-state index is 0.0508. The van der Waals surface area contributed by atoms with Gasteiger partial charge in [-0.2, -0.15) is 0 Å². The number of halogens is 3. The monoisotopic (exact) mass is 663 g/mol. The molecule has 15 heteroatoms. The number of carboxylic acid groups (broad SMARTS) is 1. The van der Waals surface area contributed by atoms with Gasteiger partial charge in [0, 0.05) is 45.2 Å². The van der Waals surface area contributed by atoms with Crippen molar-refractivity contribution in [2.45, 2.75) is 64.4 Å². The van der Waals surface area contributed by atoms with Gasteiger partial charge in [0.2, 0.25) is 11.8 Å². The number of pyridine rings is 1. The van der Waals surface area contributed by atoms with E-state index in [4.69, 9.17) is 14.2 Å². The molecule has 2 unspecified atom stereocenters. The molecule has 1 N–H and O–H groups in total. The van der Waals surface area contributed by atoms with Gasteiger partial charge in [0.05, 0.1) is 37.5 Å². The van der Waals surface area contributed by atoms with E-state index in [1.807, 2.05) is 11.8 Å². The van der Waals surface area contributed by atoms with Crippen LogP contribution in [0.3, 0.4) is 0 Å². The number of carbonyl (C=O) groups is 3. The Labute approximate surface area is 271 Å². The number of anilines is 1. The second-order valence-corrected chi connectivity index (χ2v) is 12.3. The first-order valence-corrected chi connectivity index (χ1v) is 15.6. The summed E-state index contributed by atoms with van der Waals surface area (Å²) in [6.07, 6.45) is -3.44. The van der Waals surface area contributed by atoms with E-state index in [1.165, 1.54) is 24.0 Å². The number of piperazine rings is 1. The van der Waals surface area contributed by atoms with Crippen molar-refractivity contribution in [3.05, 3.63) is 53.0 Å². The minimum Gasteiger partial charge on any atom is -0.474 e. The topological polar surface area (TPSA) is 125 Å². The number of benzene rings is 1. The second kappa shape index (κ2) is 14.9. The van der Waals surface area contributed by atoms with Crippen LogP contribution in [0.25, 0.3) is 0 Å². The summed E-state index contributed by atoms with van der Waals surface area (Å²) in [4.78, 5) is 48.8. The molecule has 0 aliphatic carbocycles. The van der Waals surface area contributed by atoms with Crippen molar-refractivity contribution in [3.8, 4) is 5.88 Å². The van der Waals surface area contributed by atoms with Crippen LogP contribution >= 0.6 is 0 Å². The molecule has 47 heavy (non-hydrogen) atoms. The number of rotatable bonds is 9. The van der Waals surface area contributed by atoms with Crippen LogP contribution in [0.5, 0.6) is 5.88 Å². The highest BCUT2D eigenvalue weighted by Gasteiger charge is 2.41. The summed E-state index contributed by atoms with van der Waals surface area (Å²) in [5.41, 5.74) is 2.28. The molecule has 3 aliphatic rings. The zero-order chi connectivity index (χ0) is 33.8. The fourth-order valence-corrected chi connectivity index (χ4v) is 6.38. The van der Waals surface area contributed by atoms with E-state index in [9.17, 15) is 32.7 Å². The zero-order valence-corrected chi connectivity index (χ0v) is 26.6. The van der Waals surface area contributed by atoms with E-state index >= 15 is 0 Å². The normalized spacial score (nSPS) is 23.7. The Morgan fingerprint density at radius 3 is 2.51 bits per heavy atom. The minimum atomic E-state index is -2.64. The summed E-state index contributed by atoms with van der Waals surface area (Å²) in [5, 5.41) is 9.84. The van der Waals surface area contributed by atoms with Crippen molar-refractivity contribution in [1.29, 1.82) is 0 Å². The predicted octanol–water partition coefficient (Wildman–Crippen LogP) is 3.01. The molecule has 1 aromatic carbocycles. The molecule has 5 rings (SSSR count). The van der Waals surface area contributed by atoms with Gasteiger partial charge in [0.15, 0.2) is 0 Å². The quantitative estimate of drug-likeness (QED) is 0.401. The first kappa shape index (κ1) is 34.4. The zero-order valence-electron chi connectivity index (χ0n) is 26.6. The first-order valence-electron chi connectivity index (χ1n) is 15.6. The summed E-state index contributed by atoms with van der Waals surface area (Å²) in [6.45, 7) is 5.63. The van der Waals surface area contributed by atoms with Crippen LogP contribution in [0, 0.1) is 5.82 Å². The highest BCUT2D eigenvalue weighted by molar-refractivity contribution is 5.97. The third kappa shape index (κ3) is 8.14. The van der Waals surface area contributed by atoms with Crippen molar-refractivity contribution in [3.63, 3.8) is 0 Å². The molecular formula is C32H40F3N5O7. The number of hydrogen-bond acceptors (Lipinski definition) is 9. The lowest BCUT2D eigenvalue weighted by molar-refractivity contribution is -0.142. The van der Waals surface area contributed by atoms with E-state index in [0.29, 0.717) is 23.4 Å². The van der Waals surface area contributed by atoms with Gasteiger partial charge in [0.25, 0.3) is 6.43 Å². The molecular weight excluding hydrogens is 623 g/mol. The molecule has 2 amide bonds. The maximum absolute atomic E-state index is 14.2. The Hall–Kier alpha value is -3.95. The molecule has 0 radical (unpaired) electrons. The lowest BCUT2D eigenvalue weighted by atomic mass is 10.0. The predicted molar refractivity (Wildman–Crippen MR) is 163 cm³/mol. The van der Waals surface area contributed by atoms with Gasteiger partial charge in [-0.1, -0.05) is 12.1 Å². The number of alkyl halides is 2. The molecule has 1 aromatic heterocycles. The maximum atomic E-state index is 14.2. The summed E-state index contributed by atoms with van der Waals surface area (Å²) in [7, 11) is 0. The fraction of sp³-hybridized carbons (Fsp3) is 0.562. The largest absolute Gasteiger partial charge is 0.474 e. The highest BCUT2D eigenvalue weighted by atomic mass is 19.3. The number of fused-ring (bicyclic) bond motifs is 1. The van der Waals surface area contributed by atoms with Gasteiger partial charge in [-0.3, -0.25) is 19.4 Å². The first-order chi connectivity index (χ1) is 22.4. The lowest BCUT2D eigenvalue weighted by Crippen LogP contribution is -2.65. The fourth-order valence-electron chi connectivity index (χ4n) is 6.38. The summed E-state index contributed by atoms with van der Waals surface area (Å²) < 4.78 is 57.8. The van der Waals surface area contributed by atoms with Crippen LogP contribution in [0.15, 0.2) is 30.3 Å². The smallest absolute Gasteiger partial charge is 0.407 e. The number of carbonyl (C=O) groups excluding carboxylic acids is 2. The van der Waals surface area contributed by atoms with Gasteiger partial charge in [0.1, 0.15) is 24.7 Å². The van der Waals surface area contributed by atoms with Crippen molar-refractivity contribution in [2.75, 3.05) is 57.4 Å². The summed E-state index contributed by atoms with van der Waals surface area (Å²) >= 11 is 0. The van der Waals surface area contributed by atoms with Gasteiger partial charge in [-0.05, 0) is 49.6 Å². The van der Waals surface area contributed by atoms with Crippen molar-refractivity contribution < 1.29 is 46.9 Å². The molecule has 3 aliphatic heterocycles. The van der Waals surface area contributed by atoms with Crippen LogP contribution in [-0.2, 0) is 32.1 Å². The van der Waals surface area contributed by atoms with Crippen LogP contribution in [0.1, 0.15) is 37.6 Å². The third-order valence-corrected chi connectivity index (χ3v) is 8.84. The lowest BCUT2D eigenvalue weighted by Gasteiger charge is -2.47. The molecule has 2 aromatic rings. The molecule has 2 fully saturated rings. The molecule has 4 atom stereocenters. The van der Waals surface area contributed by atoms with E-state index < -0.39 is 42.7 Å². The molecule has 12 nitrogen and oxygen atoms in total. The number of morpholine rings is 1. The maximum Gasteiger partial charge on any atom is 0.407 e. The van der Waals surface area contributed by atoms with Gasteiger partial charge in [-0.15, -0.1) is 0 Å². The van der Waals surface area contributed by atoms with Crippen LogP contribution in [-0.4, -0.2) is 126 Å². The van der Waals surface area contributed by atoms with Crippen molar-refractivity contribution >= 4 is 23.7 Å². The number of hydrogen-bond donors (Lipinski definition) is 1. The number of nitrogens with zero attached hydrogens (tertiary/aromatic N) is 5. The van der Waals surface area contributed by atoms with E-state index in [2.05, 4.69) is 4.98 Å². The molecule has 4 heterocycles. The van der Waals surface area contributed by atoms with E-state index in [1.54, 1.807) is 34.9 Å². The standard InChI is InChI=1S/C32H40F3N5O7/c1-19-12-38(25(14-39(19)32(43)44)13-37-8-9-45-18-28(37)30(34)35)15-29(42)40-20(2)16-47-31-27(40)11-23(26(36-31)17-46-21(3)41)10-22-4-6-24(33)7-5-22/h4-7,11,19-20,25,28,30H,8-10,12-18H2,1-3H3,(H,43,44)/t19-,20?,25+,28?/m1/s1. The summed E-state index contributed by atoms with van der Waals surface area (Å²) in [5.74, 6) is -0.980. The number of ether oxygens (including phenoxy) is 3. The Morgan fingerprint density at radius 2 is 1.83 bits per heavy atom. The average molecular weight is 664 g/mol. The number of aromatic nitrogens is 1. The summed E-state index contributed by atoms with van der Waals surface area (Å²) in [6, 6.07) is 5.24. The van der Waals surface area contributed by atoms with Gasteiger partial charge < -0.3 is 29.1 Å². The van der Waals surface area contributed by atoms with Gasteiger partial charge >= 0.3 is 12.1 Å².